The molecule has 0 aliphatic heterocycles. The summed E-state index contributed by atoms with van der Waals surface area (Å²) in [6.45, 7) is 2.69. The zero-order valence-corrected chi connectivity index (χ0v) is 13.4. The summed E-state index contributed by atoms with van der Waals surface area (Å²) in [5, 5.41) is 15.7. The van der Waals surface area contributed by atoms with E-state index in [-0.39, 0.29) is 12.5 Å². The molecule has 1 unspecified atom stereocenters. The Morgan fingerprint density at radius 3 is 2.65 bits per heavy atom. The number of hydrogen-bond donors (Lipinski definition) is 3. The van der Waals surface area contributed by atoms with E-state index in [1.807, 2.05) is 24.3 Å². The molecule has 1 rings (SSSR count). The van der Waals surface area contributed by atoms with Crippen molar-refractivity contribution in [1.82, 2.24) is 5.32 Å². The molecular formula is C14H21BrN2O3. The van der Waals surface area contributed by atoms with Gasteiger partial charge >= 0.3 is 0 Å². The fraction of sp³-hybridized carbons (Fsp3) is 0.500. The van der Waals surface area contributed by atoms with Gasteiger partial charge in [-0.25, -0.2) is 0 Å². The summed E-state index contributed by atoms with van der Waals surface area (Å²) >= 11 is 3.33. The van der Waals surface area contributed by atoms with Gasteiger partial charge in [-0.05, 0) is 31.2 Å². The minimum atomic E-state index is -0.881. The van der Waals surface area contributed by atoms with Gasteiger partial charge in [0.25, 0.3) is 0 Å². The molecule has 0 aromatic heterocycles. The Kier molecular flexibility index (Phi) is 7.15. The van der Waals surface area contributed by atoms with E-state index in [9.17, 15) is 9.90 Å². The largest absolute Gasteiger partial charge is 0.389 e. The van der Waals surface area contributed by atoms with Crippen LogP contribution in [0.3, 0.4) is 0 Å². The summed E-state index contributed by atoms with van der Waals surface area (Å²) in [5.41, 5.74) is -0.139. The van der Waals surface area contributed by atoms with E-state index >= 15 is 0 Å². The molecule has 0 fully saturated rings. The number of amides is 1. The standard InChI is InChI=1S/C14H21BrN2O3/c1-14(19,7-8-20-2)10-16-9-13(18)17-12-5-3-11(15)4-6-12/h3-6,16,19H,7-10H2,1-2H3,(H,17,18). The molecule has 112 valence electrons. The van der Waals surface area contributed by atoms with Crippen LogP contribution in [0.15, 0.2) is 28.7 Å². The van der Waals surface area contributed by atoms with Gasteiger partial charge in [0, 0.05) is 36.8 Å². The molecule has 20 heavy (non-hydrogen) atoms. The van der Waals surface area contributed by atoms with Crippen molar-refractivity contribution < 1.29 is 14.6 Å². The van der Waals surface area contributed by atoms with E-state index in [4.69, 9.17) is 4.74 Å². The number of aliphatic hydroxyl groups is 1. The van der Waals surface area contributed by atoms with E-state index in [2.05, 4.69) is 26.6 Å². The molecule has 0 saturated heterocycles. The van der Waals surface area contributed by atoms with Crippen LogP contribution in [0.1, 0.15) is 13.3 Å². The highest BCUT2D eigenvalue weighted by Gasteiger charge is 2.19. The second kappa shape index (κ2) is 8.36. The van der Waals surface area contributed by atoms with Crippen LogP contribution in [0.5, 0.6) is 0 Å². The van der Waals surface area contributed by atoms with Crippen LogP contribution >= 0.6 is 15.9 Å². The summed E-state index contributed by atoms with van der Waals surface area (Å²) in [5.74, 6) is -0.144. The smallest absolute Gasteiger partial charge is 0.238 e. The molecule has 0 radical (unpaired) electrons. The summed E-state index contributed by atoms with van der Waals surface area (Å²) < 4.78 is 5.88. The molecule has 3 N–H and O–H groups in total. The number of carbonyl (C=O) groups is 1. The maximum absolute atomic E-state index is 11.7. The summed E-state index contributed by atoms with van der Waals surface area (Å²) in [7, 11) is 1.59. The molecule has 6 heteroatoms. The second-order valence-electron chi connectivity index (χ2n) is 4.90. The van der Waals surface area contributed by atoms with E-state index in [1.54, 1.807) is 14.0 Å². The fourth-order valence-electron chi connectivity index (χ4n) is 1.59. The van der Waals surface area contributed by atoms with Crippen LogP contribution in [-0.4, -0.2) is 43.4 Å². The van der Waals surface area contributed by atoms with Gasteiger partial charge in [-0.1, -0.05) is 15.9 Å². The minimum Gasteiger partial charge on any atom is -0.389 e. The van der Waals surface area contributed by atoms with Crippen LogP contribution in [0.2, 0.25) is 0 Å². The lowest BCUT2D eigenvalue weighted by Crippen LogP contribution is -2.41. The first-order chi connectivity index (χ1) is 9.43. The first kappa shape index (κ1) is 17.1. The van der Waals surface area contributed by atoms with Crippen molar-refractivity contribution in [3.05, 3.63) is 28.7 Å². The third-order valence-electron chi connectivity index (χ3n) is 2.76. The zero-order chi connectivity index (χ0) is 15.0. The first-order valence-corrected chi connectivity index (χ1v) is 7.20. The third-order valence-corrected chi connectivity index (χ3v) is 3.29. The van der Waals surface area contributed by atoms with Gasteiger partial charge in [-0.3, -0.25) is 4.79 Å². The Morgan fingerprint density at radius 1 is 1.40 bits per heavy atom. The predicted molar refractivity (Wildman–Crippen MR) is 82.8 cm³/mol. The summed E-state index contributed by atoms with van der Waals surface area (Å²) in [6.07, 6.45) is 0.519. The Labute approximate surface area is 127 Å². The van der Waals surface area contributed by atoms with Gasteiger partial charge in [-0.2, -0.15) is 0 Å². The quantitative estimate of drug-likeness (QED) is 0.672. The van der Waals surface area contributed by atoms with Crippen molar-refractivity contribution in [3.8, 4) is 0 Å². The van der Waals surface area contributed by atoms with Crippen molar-refractivity contribution in [2.24, 2.45) is 0 Å². The van der Waals surface area contributed by atoms with Crippen LogP contribution in [-0.2, 0) is 9.53 Å². The normalized spacial score (nSPS) is 13.8. The molecule has 0 spiro atoms. The van der Waals surface area contributed by atoms with E-state index < -0.39 is 5.60 Å². The highest BCUT2D eigenvalue weighted by atomic mass is 79.9. The van der Waals surface area contributed by atoms with Crippen molar-refractivity contribution in [2.45, 2.75) is 18.9 Å². The number of ether oxygens (including phenoxy) is 1. The van der Waals surface area contributed by atoms with E-state index in [1.165, 1.54) is 0 Å². The van der Waals surface area contributed by atoms with Crippen LogP contribution < -0.4 is 10.6 Å². The molecule has 0 aliphatic carbocycles. The number of halogens is 1. The Morgan fingerprint density at radius 2 is 2.05 bits per heavy atom. The van der Waals surface area contributed by atoms with Gasteiger partial charge in [0.15, 0.2) is 0 Å². The molecule has 0 saturated carbocycles. The number of methoxy groups -OCH3 is 1. The number of carbonyl (C=O) groups excluding carboxylic acids is 1. The van der Waals surface area contributed by atoms with Gasteiger partial charge in [-0.15, -0.1) is 0 Å². The molecule has 0 aliphatic rings. The molecular weight excluding hydrogens is 324 g/mol. The Hall–Kier alpha value is -0.950. The second-order valence-corrected chi connectivity index (χ2v) is 5.81. The predicted octanol–water partition coefficient (Wildman–Crippen LogP) is 1.76. The lowest BCUT2D eigenvalue weighted by Gasteiger charge is -2.23. The fourth-order valence-corrected chi connectivity index (χ4v) is 1.86. The number of anilines is 1. The van der Waals surface area contributed by atoms with E-state index in [0.29, 0.717) is 19.6 Å². The van der Waals surface area contributed by atoms with Gasteiger partial charge in [0.1, 0.15) is 0 Å². The molecule has 1 aromatic rings. The van der Waals surface area contributed by atoms with Crippen molar-refractivity contribution in [1.29, 1.82) is 0 Å². The minimum absolute atomic E-state index is 0.144. The SMILES string of the molecule is COCCC(C)(O)CNCC(=O)Nc1ccc(Br)cc1. The zero-order valence-electron chi connectivity index (χ0n) is 11.8. The van der Waals surface area contributed by atoms with Gasteiger partial charge < -0.3 is 20.5 Å². The van der Waals surface area contributed by atoms with Crippen LogP contribution in [0.25, 0.3) is 0 Å². The molecule has 5 nitrogen and oxygen atoms in total. The lowest BCUT2D eigenvalue weighted by molar-refractivity contribution is -0.115. The highest BCUT2D eigenvalue weighted by Crippen LogP contribution is 2.13. The first-order valence-electron chi connectivity index (χ1n) is 6.40. The van der Waals surface area contributed by atoms with Gasteiger partial charge in [0.05, 0.1) is 12.1 Å². The van der Waals surface area contributed by atoms with Crippen molar-refractivity contribution >= 4 is 27.5 Å². The van der Waals surface area contributed by atoms with Crippen LogP contribution in [0.4, 0.5) is 5.69 Å². The van der Waals surface area contributed by atoms with Gasteiger partial charge in [0.2, 0.25) is 5.91 Å². The average Bonchev–Trinajstić information content (AvgIpc) is 2.39. The average molecular weight is 345 g/mol. The number of nitrogens with one attached hydrogen (secondary N) is 2. The monoisotopic (exact) mass is 344 g/mol. The third kappa shape index (κ3) is 7.00. The molecule has 1 aromatic carbocycles. The Bertz CT molecular complexity index is 421. The number of benzene rings is 1. The lowest BCUT2D eigenvalue weighted by atomic mass is 10.0. The summed E-state index contributed by atoms with van der Waals surface area (Å²) in [6, 6.07) is 7.35. The Balaban J connectivity index is 2.28. The molecule has 0 heterocycles. The maximum Gasteiger partial charge on any atom is 0.238 e. The van der Waals surface area contributed by atoms with Crippen LogP contribution in [0, 0.1) is 0 Å². The topological polar surface area (TPSA) is 70.6 Å². The molecule has 0 bridgehead atoms. The molecule has 1 atom stereocenters. The van der Waals surface area contributed by atoms with E-state index in [0.717, 1.165) is 10.2 Å². The van der Waals surface area contributed by atoms with Crippen molar-refractivity contribution in [3.63, 3.8) is 0 Å². The number of hydrogen-bond acceptors (Lipinski definition) is 4. The highest BCUT2D eigenvalue weighted by molar-refractivity contribution is 9.10. The summed E-state index contributed by atoms with van der Waals surface area (Å²) in [4.78, 5) is 11.7. The maximum atomic E-state index is 11.7. The molecule has 1 amide bonds. The van der Waals surface area contributed by atoms with Crippen molar-refractivity contribution in [2.75, 3.05) is 32.1 Å². The number of rotatable bonds is 8.